The minimum absolute atomic E-state index is 0. The number of aryl methyl sites for hydroxylation is 2. The molecule has 0 fully saturated rings. The van der Waals surface area contributed by atoms with Gasteiger partial charge in [-0.05, 0) is 27.7 Å². The first kappa shape index (κ1) is 24.2. The largest absolute Gasteiger partial charge is 0.496 e. The predicted octanol–water partition coefficient (Wildman–Crippen LogP) is 2.02. The molecule has 0 spiro atoms. The Balaban J connectivity index is 0.00000392. The summed E-state index contributed by atoms with van der Waals surface area (Å²) < 4.78 is 7.12. The lowest BCUT2D eigenvalue weighted by Gasteiger charge is -2.23. The lowest BCUT2D eigenvalue weighted by molar-refractivity contribution is 0.0616. The molecular weight excluding hydrogens is 471 g/mol. The fraction of sp³-hybridized carbons (Fsp3) is 0.526. The first-order valence-electron chi connectivity index (χ1n) is 9.01. The number of pyridine rings is 1. The van der Waals surface area contributed by atoms with Gasteiger partial charge in [-0.2, -0.15) is 5.10 Å². The van der Waals surface area contributed by atoms with Gasteiger partial charge in [-0.3, -0.25) is 9.67 Å². The Bertz CT molecular complexity index is 804. The van der Waals surface area contributed by atoms with Crippen molar-refractivity contribution in [2.75, 3.05) is 20.2 Å². The van der Waals surface area contributed by atoms with Gasteiger partial charge < -0.3 is 20.5 Å². The summed E-state index contributed by atoms with van der Waals surface area (Å²) in [5.74, 6) is 1.45. The van der Waals surface area contributed by atoms with E-state index >= 15 is 0 Å². The molecule has 2 aromatic heterocycles. The van der Waals surface area contributed by atoms with Crippen LogP contribution in [0.4, 0.5) is 0 Å². The number of halogens is 1. The Hall–Kier alpha value is -1.88. The zero-order chi connectivity index (χ0) is 20.0. The lowest BCUT2D eigenvalue weighted by Crippen LogP contribution is -2.44. The fourth-order valence-corrected chi connectivity index (χ4v) is 2.78. The summed E-state index contributed by atoms with van der Waals surface area (Å²) in [6, 6.07) is 0. The number of aliphatic imine (C=N–C) groups is 1. The van der Waals surface area contributed by atoms with E-state index in [9.17, 15) is 5.11 Å². The van der Waals surface area contributed by atoms with Gasteiger partial charge in [-0.25, -0.2) is 4.99 Å². The average molecular weight is 502 g/mol. The van der Waals surface area contributed by atoms with Crippen molar-refractivity contribution < 1.29 is 9.84 Å². The van der Waals surface area contributed by atoms with Gasteiger partial charge in [0.15, 0.2) is 5.96 Å². The van der Waals surface area contributed by atoms with Crippen molar-refractivity contribution in [3.63, 3.8) is 0 Å². The Kier molecular flexibility index (Phi) is 9.15. The number of hydrogen-bond acceptors (Lipinski definition) is 5. The number of ether oxygens (including phenoxy) is 1. The van der Waals surface area contributed by atoms with E-state index in [0.717, 1.165) is 28.1 Å². The molecule has 0 saturated carbocycles. The molecule has 2 aromatic rings. The molecule has 1 unspecified atom stereocenters. The minimum Gasteiger partial charge on any atom is -0.496 e. The maximum atomic E-state index is 10.7. The average Bonchev–Trinajstić information content (AvgIpc) is 3.06. The highest BCUT2D eigenvalue weighted by Gasteiger charge is 2.25. The first-order valence-corrected chi connectivity index (χ1v) is 9.01. The Morgan fingerprint density at radius 2 is 2.04 bits per heavy atom. The smallest absolute Gasteiger partial charge is 0.191 e. The van der Waals surface area contributed by atoms with Crippen LogP contribution in [-0.4, -0.2) is 46.0 Å². The quantitative estimate of drug-likeness (QED) is 0.305. The van der Waals surface area contributed by atoms with Gasteiger partial charge in [0, 0.05) is 42.7 Å². The Morgan fingerprint density at radius 1 is 1.32 bits per heavy atom. The summed E-state index contributed by atoms with van der Waals surface area (Å²) in [6.07, 6.45) is 5.26. The predicted molar refractivity (Wildman–Crippen MR) is 121 cm³/mol. The third kappa shape index (κ3) is 6.06. The topological polar surface area (TPSA) is 96.6 Å². The molecule has 8 nitrogen and oxygen atoms in total. The van der Waals surface area contributed by atoms with Crippen LogP contribution in [0.5, 0.6) is 5.75 Å². The molecule has 28 heavy (non-hydrogen) atoms. The van der Waals surface area contributed by atoms with Gasteiger partial charge in [0.25, 0.3) is 0 Å². The van der Waals surface area contributed by atoms with Gasteiger partial charge >= 0.3 is 0 Å². The van der Waals surface area contributed by atoms with E-state index in [2.05, 4.69) is 25.7 Å². The number of methoxy groups -OCH3 is 1. The summed E-state index contributed by atoms with van der Waals surface area (Å²) in [6.45, 7) is 9.12. The normalized spacial score (nSPS) is 13.5. The monoisotopic (exact) mass is 502 g/mol. The molecule has 2 rings (SSSR count). The zero-order valence-electron chi connectivity index (χ0n) is 17.4. The second-order valence-corrected chi connectivity index (χ2v) is 6.77. The van der Waals surface area contributed by atoms with Crippen molar-refractivity contribution in [1.29, 1.82) is 0 Å². The van der Waals surface area contributed by atoms with Crippen LogP contribution in [0, 0.1) is 13.8 Å². The van der Waals surface area contributed by atoms with Gasteiger partial charge in [0.05, 0.1) is 32.1 Å². The zero-order valence-corrected chi connectivity index (χ0v) is 19.7. The van der Waals surface area contributed by atoms with Crippen LogP contribution in [0.25, 0.3) is 0 Å². The highest BCUT2D eigenvalue weighted by atomic mass is 127. The second kappa shape index (κ2) is 10.6. The molecule has 9 heteroatoms. The summed E-state index contributed by atoms with van der Waals surface area (Å²) >= 11 is 0. The van der Waals surface area contributed by atoms with Crippen molar-refractivity contribution in [2.45, 2.75) is 39.8 Å². The molecule has 0 saturated heterocycles. The van der Waals surface area contributed by atoms with Crippen molar-refractivity contribution in [3.8, 4) is 5.75 Å². The molecule has 0 radical (unpaired) electrons. The van der Waals surface area contributed by atoms with Crippen molar-refractivity contribution in [2.24, 2.45) is 12.0 Å². The standard InChI is InChI=1S/C19H30N6O2.HI/c1-7-20-18(23-12-19(4,26)15-9-24-25(5)11-15)22-10-16-14(3)17(27-6)13(2)8-21-16;/h8-9,11,26H,7,10,12H2,1-6H3,(H2,20,22,23);1H. The summed E-state index contributed by atoms with van der Waals surface area (Å²) in [5, 5.41) is 21.2. The van der Waals surface area contributed by atoms with Gasteiger partial charge in [0.1, 0.15) is 11.4 Å². The molecule has 0 bridgehead atoms. The molecule has 3 N–H and O–H groups in total. The van der Waals surface area contributed by atoms with Gasteiger partial charge in [-0.1, -0.05) is 0 Å². The molecule has 156 valence electrons. The van der Waals surface area contributed by atoms with Gasteiger partial charge in [-0.15, -0.1) is 24.0 Å². The summed E-state index contributed by atoms with van der Waals surface area (Å²) in [4.78, 5) is 9.07. The third-order valence-electron chi connectivity index (χ3n) is 4.41. The fourth-order valence-electron chi connectivity index (χ4n) is 2.78. The summed E-state index contributed by atoms with van der Waals surface area (Å²) in [7, 11) is 3.48. The highest BCUT2D eigenvalue weighted by Crippen LogP contribution is 2.24. The van der Waals surface area contributed by atoms with Gasteiger partial charge in [0.2, 0.25) is 0 Å². The van der Waals surface area contributed by atoms with Crippen LogP contribution in [0.1, 0.15) is 36.2 Å². The SMILES string of the molecule is CCNC(=NCc1ncc(C)c(OC)c1C)NCC(C)(O)c1cnn(C)c1.I. The maximum absolute atomic E-state index is 10.7. The van der Waals surface area contributed by atoms with Crippen LogP contribution in [-0.2, 0) is 19.2 Å². The highest BCUT2D eigenvalue weighted by molar-refractivity contribution is 14.0. The number of rotatable bonds is 7. The first-order chi connectivity index (χ1) is 12.8. The molecule has 1 atom stereocenters. The number of hydrogen-bond donors (Lipinski definition) is 3. The van der Waals surface area contributed by atoms with Crippen molar-refractivity contribution in [1.82, 2.24) is 25.4 Å². The molecule has 0 aliphatic heterocycles. The van der Waals surface area contributed by atoms with Crippen LogP contribution >= 0.6 is 24.0 Å². The van der Waals surface area contributed by atoms with E-state index in [1.165, 1.54) is 0 Å². The molecule has 0 amide bonds. The summed E-state index contributed by atoms with van der Waals surface area (Å²) in [5.41, 5.74) is 2.52. The molecule has 0 aliphatic carbocycles. The van der Waals surface area contributed by atoms with E-state index in [1.807, 2.05) is 27.8 Å². The van der Waals surface area contributed by atoms with Crippen LogP contribution < -0.4 is 15.4 Å². The Morgan fingerprint density at radius 3 is 2.61 bits per heavy atom. The van der Waals surface area contributed by atoms with E-state index in [0.29, 0.717) is 25.6 Å². The van der Waals surface area contributed by atoms with Crippen molar-refractivity contribution >= 4 is 29.9 Å². The molecule has 0 aromatic carbocycles. The van der Waals surface area contributed by atoms with E-state index in [1.54, 1.807) is 37.3 Å². The molecular formula is C19H31IN6O2. The number of aliphatic hydroxyl groups is 1. The number of nitrogens with zero attached hydrogens (tertiary/aromatic N) is 4. The van der Waals surface area contributed by atoms with E-state index in [4.69, 9.17) is 4.74 Å². The minimum atomic E-state index is -1.06. The van der Waals surface area contributed by atoms with Crippen LogP contribution in [0.2, 0.25) is 0 Å². The lowest BCUT2D eigenvalue weighted by atomic mass is 10.00. The second-order valence-electron chi connectivity index (χ2n) is 6.77. The maximum Gasteiger partial charge on any atom is 0.191 e. The number of guanidine groups is 1. The number of nitrogens with one attached hydrogen (secondary N) is 2. The van der Waals surface area contributed by atoms with Crippen LogP contribution in [0.15, 0.2) is 23.6 Å². The number of aromatic nitrogens is 3. The van der Waals surface area contributed by atoms with E-state index in [-0.39, 0.29) is 24.0 Å². The Labute approximate surface area is 183 Å². The van der Waals surface area contributed by atoms with Crippen molar-refractivity contribution in [3.05, 3.63) is 41.0 Å². The molecule has 0 aliphatic rings. The molecule has 2 heterocycles. The van der Waals surface area contributed by atoms with E-state index < -0.39 is 5.60 Å². The van der Waals surface area contributed by atoms with Crippen LogP contribution in [0.3, 0.4) is 0 Å². The third-order valence-corrected chi connectivity index (χ3v) is 4.41.